The van der Waals surface area contributed by atoms with Crippen LogP contribution in [0.5, 0.6) is 0 Å². The fraction of sp³-hybridized carbons (Fsp3) is 0.250. The molecule has 0 unspecified atom stereocenters. The van der Waals surface area contributed by atoms with Gasteiger partial charge in [0, 0.05) is 35.3 Å². The average molecular weight is 423 g/mol. The lowest BCUT2D eigenvalue weighted by Crippen LogP contribution is -2.34. The highest BCUT2D eigenvalue weighted by molar-refractivity contribution is 5.96. The van der Waals surface area contributed by atoms with Crippen LogP contribution in [0, 0.1) is 19.7 Å². The van der Waals surface area contributed by atoms with E-state index >= 15 is 0 Å². The molecule has 0 spiro atoms. The third kappa shape index (κ3) is 5.51. The summed E-state index contributed by atoms with van der Waals surface area (Å²) in [5.74, 6) is -0.481. The molecule has 0 aliphatic rings. The van der Waals surface area contributed by atoms with E-state index in [-0.39, 0.29) is 23.8 Å². The van der Waals surface area contributed by atoms with Gasteiger partial charge in [0.1, 0.15) is 5.82 Å². The molecular weight excluding hydrogens is 395 g/mol. The van der Waals surface area contributed by atoms with Crippen molar-refractivity contribution in [1.82, 2.24) is 15.2 Å². The van der Waals surface area contributed by atoms with Crippen LogP contribution in [0.4, 0.5) is 14.9 Å². The molecule has 6 nitrogen and oxygen atoms in total. The Hall–Kier alpha value is -3.61. The van der Waals surface area contributed by atoms with Gasteiger partial charge in [-0.2, -0.15) is 0 Å². The van der Waals surface area contributed by atoms with E-state index < -0.39 is 0 Å². The van der Waals surface area contributed by atoms with Crippen molar-refractivity contribution in [2.75, 3.05) is 5.32 Å². The molecule has 0 aliphatic heterocycles. The SMILES string of the molecule is Cc1cc(C(=O)NCc2ccc(NC(=O)NC(C)C)cc2)c(C)n1-c1ccc(F)cc1. The van der Waals surface area contributed by atoms with Crippen LogP contribution >= 0.6 is 0 Å². The van der Waals surface area contributed by atoms with Gasteiger partial charge in [-0.25, -0.2) is 9.18 Å². The predicted molar refractivity (Wildman–Crippen MR) is 120 cm³/mol. The average Bonchev–Trinajstić information content (AvgIpc) is 3.01. The Morgan fingerprint density at radius 3 is 2.26 bits per heavy atom. The summed E-state index contributed by atoms with van der Waals surface area (Å²) < 4.78 is 15.2. The van der Waals surface area contributed by atoms with Crippen molar-refractivity contribution in [2.24, 2.45) is 0 Å². The number of amides is 3. The van der Waals surface area contributed by atoms with Gasteiger partial charge in [-0.05, 0) is 75.7 Å². The second-order valence-electron chi connectivity index (χ2n) is 7.73. The number of rotatable bonds is 6. The largest absolute Gasteiger partial charge is 0.348 e. The van der Waals surface area contributed by atoms with Crippen LogP contribution in [-0.4, -0.2) is 22.5 Å². The zero-order chi connectivity index (χ0) is 22.5. The zero-order valence-electron chi connectivity index (χ0n) is 18.1. The molecule has 3 aromatic rings. The number of benzene rings is 2. The molecular formula is C24H27FN4O2. The van der Waals surface area contributed by atoms with Crippen LogP contribution in [0.1, 0.15) is 41.2 Å². The molecule has 0 radical (unpaired) electrons. The first-order valence-corrected chi connectivity index (χ1v) is 10.1. The lowest BCUT2D eigenvalue weighted by Gasteiger charge is -2.11. The number of carbonyl (C=O) groups is 2. The molecule has 7 heteroatoms. The van der Waals surface area contributed by atoms with Crippen molar-refractivity contribution in [1.29, 1.82) is 0 Å². The highest BCUT2D eigenvalue weighted by Gasteiger charge is 2.16. The number of anilines is 1. The number of aromatic nitrogens is 1. The summed E-state index contributed by atoms with van der Waals surface area (Å²) in [5.41, 5.74) is 4.65. The number of hydrogen-bond donors (Lipinski definition) is 3. The van der Waals surface area contributed by atoms with Gasteiger partial charge in [0.2, 0.25) is 0 Å². The number of carbonyl (C=O) groups excluding carboxylic acids is 2. The zero-order valence-corrected chi connectivity index (χ0v) is 18.1. The molecule has 3 rings (SSSR count). The number of aryl methyl sites for hydroxylation is 1. The van der Waals surface area contributed by atoms with E-state index in [2.05, 4.69) is 16.0 Å². The quantitative estimate of drug-likeness (QED) is 0.539. The first kappa shape index (κ1) is 22.1. The fourth-order valence-corrected chi connectivity index (χ4v) is 3.39. The Labute approximate surface area is 181 Å². The molecule has 0 atom stereocenters. The first-order chi connectivity index (χ1) is 14.7. The summed E-state index contributed by atoms with van der Waals surface area (Å²) in [5, 5.41) is 8.46. The molecule has 31 heavy (non-hydrogen) atoms. The second-order valence-corrected chi connectivity index (χ2v) is 7.73. The minimum Gasteiger partial charge on any atom is -0.348 e. The van der Waals surface area contributed by atoms with Crippen LogP contribution in [0.3, 0.4) is 0 Å². The lowest BCUT2D eigenvalue weighted by atomic mass is 10.2. The van der Waals surface area contributed by atoms with Gasteiger partial charge in [0.05, 0.1) is 5.56 Å². The van der Waals surface area contributed by atoms with Gasteiger partial charge < -0.3 is 20.5 Å². The Kier molecular flexibility index (Phi) is 6.74. The Morgan fingerprint density at radius 2 is 1.65 bits per heavy atom. The standard InChI is InChI=1S/C24H27FN4O2/c1-15(2)27-24(31)28-20-9-5-18(6-10-20)14-26-23(30)22-13-16(3)29(17(22)4)21-11-7-19(25)8-12-21/h5-13,15H,14H2,1-4H3,(H,26,30)(H2,27,28,31). The summed E-state index contributed by atoms with van der Waals surface area (Å²) in [6, 6.07) is 15.1. The number of urea groups is 1. The summed E-state index contributed by atoms with van der Waals surface area (Å²) in [4.78, 5) is 24.5. The molecule has 1 heterocycles. The maximum Gasteiger partial charge on any atom is 0.319 e. The smallest absolute Gasteiger partial charge is 0.319 e. The van der Waals surface area contributed by atoms with E-state index in [4.69, 9.17) is 0 Å². The highest BCUT2D eigenvalue weighted by atomic mass is 19.1. The third-order valence-electron chi connectivity index (χ3n) is 4.85. The predicted octanol–water partition coefficient (Wildman–Crippen LogP) is 4.69. The third-order valence-corrected chi connectivity index (χ3v) is 4.85. The first-order valence-electron chi connectivity index (χ1n) is 10.1. The van der Waals surface area contributed by atoms with Gasteiger partial charge in [-0.15, -0.1) is 0 Å². The minimum absolute atomic E-state index is 0.0551. The van der Waals surface area contributed by atoms with Gasteiger partial charge in [-0.1, -0.05) is 12.1 Å². The van der Waals surface area contributed by atoms with Crippen molar-refractivity contribution in [2.45, 2.75) is 40.3 Å². The molecule has 1 aromatic heterocycles. The molecule has 0 fully saturated rings. The second kappa shape index (κ2) is 9.47. The topological polar surface area (TPSA) is 75.2 Å². The number of hydrogen-bond acceptors (Lipinski definition) is 2. The fourth-order valence-electron chi connectivity index (χ4n) is 3.39. The van der Waals surface area contributed by atoms with Gasteiger partial charge in [-0.3, -0.25) is 4.79 Å². The molecule has 162 valence electrons. The molecule has 2 aromatic carbocycles. The van der Waals surface area contributed by atoms with E-state index in [0.717, 1.165) is 22.6 Å². The van der Waals surface area contributed by atoms with Gasteiger partial charge in [0.25, 0.3) is 5.91 Å². The van der Waals surface area contributed by atoms with Crippen molar-refractivity contribution in [3.8, 4) is 5.69 Å². The highest BCUT2D eigenvalue weighted by Crippen LogP contribution is 2.21. The van der Waals surface area contributed by atoms with Crippen LogP contribution < -0.4 is 16.0 Å². The van der Waals surface area contributed by atoms with Crippen molar-refractivity contribution >= 4 is 17.6 Å². The Morgan fingerprint density at radius 1 is 1.00 bits per heavy atom. The van der Waals surface area contributed by atoms with Crippen LogP contribution in [-0.2, 0) is 6.54 Å². The maximum absolute atomic E-state index is 13.2. The summed E-state index contributed by atoms with van der Waals surface area (Å²) in [6.45, 7) is 7.92. The molecule has 0 bridgehead atoms. The Balaban J connectivity index is 1.64. The summed E-state index contributed by atoms with van der Waals surface area (Å²) >= 11 is 0. The molecule has 0 saturated heterocycles. The van der Waals surface area contributed by atoms with Gasteiger partial charge in [0.15, 0.2) is 0 Å². The lowest BCUT2D eigenvalue weighted by molar-refractivity contribution is 0.0950. The number of nitrogens with zero attached hydrogens (tertiary/aromatic N) is 1. The van der Waals surface area contributed by atoms with Crippen molar-refractivity contribution < 1.29 is 14.0 Å². The minimum atomic E-state index is -0.300. The van der Waals surface area contributed by atoms with Gasteiger partial charge >= 0.3 is 6.03 Å². The normalized spacial score (nSPS) is 10.8. The maximum atomic E-state index is 13.2. The molecule has 0 saturated carbocycles. The summed E-state index contributed by atoms with van der Waals surface area (Å²) in [6.07, 6.45) is 0. The van der Waals surface area contributed by atoms with Crippen molar-refractivity contribution in [3.05, 3.63) is 82.9 Å². The molecule has 3 N–H and O–H groups in total. The van der Waals surface area contributed by atoms with Crippen LogP contribution in [0.15, 0.2) is 54.6 Å². The Bertz CT molecular complexity index is 1070. The number of nitrogens with one attached hydrogen (secondary N) is 3. The molecule has 0 aliphatic carbocycles. The van der Waals surface area contributed by atoms with E-state index in [1.165, 1.54) is 12.1 Å². The van der Waals surface area contributed by atoms with E-state index in [1.807, 2.05) is 50.5 Å². The van der Waals surface area contributed by atoms with E-state index in [9.17, 15) is 14.0 Å². The summed E-state index contributed by atoms with van der Waals surface area (Å²) in [7, 11) is 0. The van der Waals surface area contributed by atoms with E-state index in [1.54, 1.807) is 24.3 Å². The molecule has 3 amide bonds. The van der Waals surface area contributed by atoms with Crippen LogP contribution in [0.25, 0.3) is 5.69 Å². The van der Waals surface area contributed by atoms with Crippen molar-refractivity contribution in [3.63, 3.8) is 0 Å². The van der Waals surface area contributed by atoms with Crippen LogP contribution in [0.2, 0.25) is 0 Å². The van der Waals surface area contributed by atoms with E-state index in [0.29, 0.717) is 17.8 Å². The number of halogens is 1. The monoisotopic (exact) mass is 422 g/mol.